The summed E-state index contributed by atoms with van der Waals surface area (Å²) in [5.74, 6) is -1.83. The van der Waals surface area contributed by atoms with Crippen molar-refractivity contribution in [2.45, 2.75) is 0 Å². The van der Waals surface area contributed by atoms with Crippen LogP contribution < -0.4 is 9.80 Å². The number of fused-ring (bicyclic) bond motifs is 2. The van der Waals surface area contributed by atoms with Gasteiger partial charge in [0.15, 0.2) is 0 Å². The van der Waals surface area contributed by atoms with E-state index >= 15 is 0 Å². The number of pyridine rings is 1. The maximum atomic E-state index is 13.0. The van der Waals surface area contributed by atoms with E-state index < -0.39 is 11.9 Å². The van der Waals surface area contributed by atoms with Crippen LogP contribution in [0.2, 0.25) is 0 Å². The molecule has 0 bridgehead atoms. The molecule has 0 saturated carbocycles. The summed E-state index contributed by atoms with van der Waals surface area (Å²) in [7, 11) is 1.53. The molecule has 1 N–H and O–H groups in total. The lowest BCUT2D eigenvalue weighted by atomic mass is 10.1. The van der Waals surface area contributed by atoms with Gasteiger partial charge in [-0.2, -0.15) is 0 Å². The SMILES string of the molecule is COCCN1C(=O)CN(C(=O)/C=C/c2ccc3ccccc3n2)c2cc(C(=O)O)ccc21. The topological polar surface area (TPSA) is 100 Å². The van der Waals surface area contributed by atoms with E-state index in [1.165, 1.54) is 35.1 Å². The Bertz CT molecular complexity index is 1240. The number of carbonyl (C=O) groups is 3. The summed E-state index contributed by atoms with van der Waals surface area (Å²) in [4.78, 5) is 44.5. The van der Waals surface area contributed by atoms with Gasteiger partial charge in [0.1, 0.15) is 6.54 Å². The third kappa shape index (κ3) is 4.21. The third-order valence-corrected chi connectivity index (χ3v) is 5.20. The number of aromatic carboxylic acids is 1. The summed E-state index contributed by atoms with van der Waals surface area (Å²) in [6, 6.07) is 15.7. The average molecular weight is 431 g/mol. The molecule has 4 rings (SSSR count). The second kappa shape index (κ2) is 8.99. The number of hydrogen-bond acceptors (Lipinski definition) is 5. The summed E-state index contributed by atoms with van der Waals surface area (Å²) in [6.07, 6.45) is 2.92. The van der Waals surface area contributed by atoms with Crippen LogP contribution in [0.5, 0.6) is 0 Å². The number of para-hydroxylation sites is 1. The van der Waals surface area contributed by atoms with Crippen molar-refractivity contribution in [2.24, 2.45) is 0 Å². The van der Waals surface area contributed by atoms with Crippen molar-refractivity contribution < 1.29 is 24.2 Å². The molecule has 3 aromatic rings. The first-order valence-electron chi connectivity index (χ1n) is 10.00. The van der Waals surface area contributed by atoms with Crippen LogP contribution in [-0.4, -0.2) is 54.7 Å². The van der Waals surface area contributed by atoms with Gasteiger partial charge in [-0.1, -0.05) is 24.3 Å². The van der Waals surface area contributed by atoms with E-state index in [0.717, 1.165) is 10.9 Å². The van der Waals surface area contributed by atoms with Crippen LogP contribution in [0.3, 0.4) is 0 Å². The van der Waals surface area contributed by atoms with Crippen molar-refractivity contribution in [3.8, 4) is 0 Å². The molecule has 162 valence electrons. The fourth-order valence-electron chi connectivity index (χ4n) is 3.59. The molecule has 1 aromatic heterocycles. The molecule has 0 aliphatic carbocycles. The maximum absolute atomic E-state index is 13.0. The molecule has 1 aliphatic rings. The number of carboxylic acids is 1. The normalized spacial score (nSPS) is 13.6. The van der Waals surface area contributed by atoms with E-state index in [2.05, 4.69) is 4.98 Å². The van der Waals surface area contributed by atoms with Gasteiger partial charge in [0.2, 0.25) is 5.91 Å². The molecule has 2 amide bonds. The number of carboxylic acid groups (broad SMARTS) is 1. The highest BCUT2D eigenvalue weighted by molar-refractivity contribution is 6.15. The van der Waals surface area contributed by atoms with Gasteiger partial charge >= 0.3 is 5.97 Å². The number of nitrogens with zero attached hydrogens (tertiary/aromatic N) is 3. The highest BCUT2D eigenvalue weighted by Gasteiger charge is 2.32. The predicted octanol–water partition coefficient (Wildman–Crippen LogP) is 2.97. The van der Waals surface area contributed by atoms with Crippen LogP contribution in [0.4, 0.5) is 11.4 Å². The maximum Gasteiger partial charge on any atom is 0.335 e. The molecule has 0 unspecified atom stereocenters. The predicted molar refractivity (Wildman–Crippen MR) is 121 cm³/mol. The van der Waals surface area contributed by atoms with E-state index in [1.807, 2.05) is 30.3 Å². The Kier molecular flexibility index (Phi) is 5.96. The van der Waals surface area contributed by atoms with Gasteiger partial charge in [-0.25, -0.2) is 9.78 Å². The van der Waals surface area contributed by atoms with Crippen LogP contribution in [0.15, 0.2) is 60.7 Å². The highest BCUT2D eigenvalue weighted by atomic mass is 16.5. The monoisotopic (exact) mass is 431 g/mol. The number of benzene rings is 2. The second-order valence-electron chi connectivity index (χ2n) is 7.23. The van der Waals surface area contributed by atoms with Crippen LogP contribution in [-0.2, 0) is 14.3 Å². The zero-order valence-corrected chi connectivity index (χ0v) is 17.4. The molecule has 8 nitrogen and oxygen atoms in total. The quantitative estimate of drug-likeness (QED) is 0.603. The van der Waals surface area contributed by atoms with Crippen molar-refractivity contribution in [1.29, 1.82) is 0 Å². The van der Waals surface area contributed by atoms with Crippen LogP contribution in [0.1, 0.15) is 16.1 Å². The molecular formula is C24H21N3O5. The highest BCUT2D eigenvalue weighted by Crippen LogP contribution is 2.35. The van der Waals surface area contributed by atoms with Crippen molar-refractivity contribution in [2.75, 3.05) is 36.6 Å². The summed E-state index contributed by atoms with van der Waals surface area (Å²) in [6.45, 7) is 0.412. The summed E-state index contributed by atoms with van der Waals surface area (Å²) >= 11 is 0. The van der Waals surface area contributed by atoms with E-state index in [1.54, 1.807) is 18.2 Å². The van der Waals surface area contributed by atoms with Gasteiger partial charge in [-0.3, -0.25) is 14.5 Å². The van der Waals surface area contributed by atoms with E-state index in [0.29, 0.717) is 30.2 Å². The number of anilines is 2. The van der Waals surface area contributed by atoms with E-state index in [4.69, 9.17) is 4.74 Å². The number of amides is 2. The molecule has 32 heavy (non-hydrogen) atoms. The smallest absolute Gasteiger partial charge is 0.335 e. The fraction of sp³-hybridized carbons (Fsp3) is 0.167. The number of ether oxygens (including phenoxy) is 1. The molecule has 0 radical (unpaired) electrons. The minimum absolute atomic E-state index is 0.0303. The van der Waals surface area contributed by atoms with Crippen LogP contribution in [0.25, 0.3) is 17.0 Å². The Morgan fingerprint density at radius 1 is 1.12 bits per heavy atom. The van der Waals surface area contributed by atoms with Crippen molar-refractivity contribution >= 4 is 46.1 Å². The summed E-state index contributed by atoms with van der Waals surface area (Å²) in [5.41, 5.74) is 2.26. The number of rotatable bonds is 6. The molecule has 0 fully saturated rings. The number of methoxy groups -OCH3 is 1. The number of aromatic nitrogens is 1. The molecule has 2 aromatic carbocycles. The zero-order chi connectivity index (χ0) is 22.7. The average Bonchev–Trinajstić information content (AvgIpc) is 2.81. The third-order valence-electron chi connectivity index (χ3n) is 5.20. The Balaban J connectivity index is 1.66. The van der Waals surface area contributed by atoms with E-state index in [-0.39, 0.29) is 18.0 Å². The van der Waals surface area contributed by atoms with E-state index in [9.17, 15) is 19.5 Å². The largest absolute Gasteiger partial charge is 0.478 e. The molecule has 8 heteroatoms. The van der Waals surface area contributed by atoms with Gasteiger partial charge in [0, 0.05) is 25.1 Å². The van der Waals surface area contributed by atoms with Gasteiger partial charge in [0.05, 0.1) is 34.8 Å². The van der Waals surface area contributed by atoms with Crippen molar-refractivity contribution in [1.82, 2.24) is 4.98 Å². The fourth-order valence-corrected chi connectivity index (χ4v) is 3.59. The summed E-state index contributed by atoms with van der Waals surface area (Å²) in [5, 5.41) is 10.4. The Hall–Kier alpha value is -4.04. The van der Waals surface area contributed by atoms with Gasteiger partial charge < -0.3 is 14.7 Å². The van der Waals surface area contributed by atoms with Crippen molar-refractivity contribution in [3.05, 3.63) is 71.9 Å². The van der Waals surface area contributed by atoms with Crippen LogP contribution in [0, 0.1) is 0 Å². The molecule has 2 heterocycles. The van der Waals surface area contributed by atoms with Gasteiger partial charge in [-0.15, -0.1) is 0 Å². The zero-order valence-electron chi connectivity index (χ0n) is 17.4. The Morgan fingerprint density at radius 2 is 1.94 bits per heavy atom. The number of carbonyl (C=O) groups excluding carboxylic acids is 2. The minimum atomic E-state index is -1.11. The standard InChI is InChI=1S/C24H21N3O5/c1-32-13-12-26-20-10-7-17(24(30)31)14-21(20)27(15-23(26)29)22(28)11-9-18-8-6-16-4-2-3-5-19(16)25-18/h2-11,14H,12-13,15H2,1H3,(H,30,31)/b11-9+. The summed E-state index contributed by atoms with van der Waals surface area (Å²) < 4.78 is 5.08. The van der Waals surface area contributed by atoms with Gasteiger partial charge in [0.25, 0.3) is 5.91 Å². The molecule has 0 spiro atoms. The first kappa shape index (κ1) is 21.2. The lowest BCUT2D eigenvalue weighted by molar-refractivity contribution is -0.121. The molecule has 0 atom stereocenters. The lowest BCUT2D eigenvalue weighted by Gasteiger charge is -2.35. The Labute approximate surface area is 184 Å². The number of hydrogen-bond donors (Lipinski definition) is 1. The molecular weight excluding hydrogens is 410 g/mol. The first-order valence-corrected chi connectivity index (χ1v) is 10.00. The minimum Gasteiger partial charge on any atom is -0.478 e. The lowest BCUT2D eigenvalue weighted by Crippen LogP contribution is -2.48. The van der Waals surface area contributed by atoms with Crippen LogP contribution >= 0.6 is 0 Å². The molecule has 0 saturated heterocycles. The van der Waals surface area contributed by atoms with Crippen molar-refractivity contribution in [3.63, 3.8) is 0 Å². The first-order chi connectivity index (χ1) is 15.5. The second-order valence-corrected chi connectivity index (χ2v) is 7.23. The Morgan fingerprint density at radius 3 is 2.72 bits per heavy atom. The molecule has 1 aliphatic heterocycles. The van der Waals surface area contributed by atoms with Gasteiger partial charge in [-0.05, 0) is 36.4 Å².